The van der Waals surface area contributed by atoms with Crippen molar-refractivity contribution in [3.63, 3.8) is 0 Å². The summed E-state index contributed by atoms with van der Waals surface area (Å²) in [6.07, 6.45) is 0.850. The second-order valence-electron chi connectivity index (χ2n) is 3.15. The largest absolute Gasteiger partial charge is 0.316 e. The summed E-state index contributed by atoms with van der Waals surface area (Å²) in [5.41, 5.74) is 0.548. The van der Waals surface area contributed by atoms with Gasteiger partial charge in [-0.15, -0.1) is 0 Å². The molecule has 2 rings (SSSR count). The van der Waals surface area contributed by atoms with Crippen molar-refractivity contribution < 1.29 is 8.78 Å². The van der Waals surface area contributed by atoms with E-state index in [0.29, 0.717) is 12.1 Å². The van der Waals surface area contributed by atoms with Gasteiger partial charge in [0.25, 0.3) is 0 Å². The van der Waals surface area contributed by atoms with Crippen molar-refractivity contribution in [3.8, 4) is 0 Å². The van der Waals surface area contributed by atoms with Gasteiger partial charge in [-0.2, -0.15) is 0 Å². The quantitative estimate of drug-likeness (QED) is 0.699. The van der Waals surface area contributed by atoms with E-state index >= 15 is 0 Å². The standard InChI is InChI=1S/C10H10F2N/c11-8-1-2-9(10(12)5-8)7-3-4-13-6-7/h1-2,5,13H,3-4,6H2. The Morgan fingerprint density at radius 3 is 2.69 bits per heavy atom. The molecule has 0 atom stereocenters. The maximum absolute atomic E-state index is 13.2. The van der Waals surface area contributed by atoms with Crippen LogP contribution in [0.4, 0.5) is 8.78 Å². The summed E-state index contributed by atoms with van der Waals surface area (Å²) in [7, 11) is 0. The third-order valence-electron chi connectivity index (χ3n) is 2.25. The van der Waals surface area contributed by atoms with Crippen LogP contribution in [0.1, 0.15) is 12.0 Å². The van der Waals surface area contributed by atoms with Gasteiger partial charge in [0.1, 0.15) is 11.6 Å². The Bertz CT molecular complexity index is 306. The molecular weight excluding hydrogens is 172 g/mol. The zero-order valence-electron chi connectivity index (χ0n) is 7.11. The maximum atomic E-state index is 13.2. The van der Waals surface area contributed by atoms with E-state index in [2.05, 4.69) is 5.32 Å². The Hall–Kier alpha value is -0.960. The molecule has 1 heterocycles. The second-order valence-corrected chi connectivity index (χ2v) is 3.15. The minimum atomic E-state index is -0.521. The van der Waals surface area contributed by atoms with Crippen LogP contribution in [-0.4, -0.2) is 13.1 Å². The Labute approximate surface area is 75.8 Å². The normalized spacial score (nSPS) is 18.0. The Morgan fingerprint density at radius 1 is 1.23 bits per heavy atom. The molecule has 1 fully saturated rings. The first-order valence-electron chi connectivity index (χ1n) is 4.28. The van der Waals surface area contributed by atoms with Crippen LogP contribution in [0.3, 0.4) is 0 Å². The molecule has 69 valence electrons. The van der Waals surface area contributed by atoms with Gasteiger partial charge < -0.3 is 5.32 Å². The average molecular weight is 182 g/mol. The van der Waals surface area contributed by atoms with Crippen molar-refractivity contribution in [2.75, 3.05) is 13.1 Å². The third-order valence-corrected chi connectivity index (χ3v) is 2.25. The topological polar surface area (TPSA) is 12.0 Å². The van der Waals surface area contributed by atoms with Crippen molar-refractivity contribution in [1.82, 2.24) is 5.32 Å². The van der Waals surface area contributed by atoms with Gasteiger partial charge in [-0.25, -0.2) is 8.78 Å². The number of hydrogen-bond acceptors (Lipinski definition) is 1. The molecule has 1 aliphatic rings. The van der Waals surface area contributed by atoms with Crippen LogP contribution in [0.15, 0.2) is 18.2 Å². The molecule has 1 aromatic carbocycles. The van der Waals surface area contributed by atoms with Crippen LogP contribution in [-0.2, 0) is 0 Å². The molecule has 1 N–H and O–H groups in total. The monoisotopic (exact) mass is 182 g/mol. The smallest absolute Gasteiger partial charge is 0.129 e. The molecule has 1 saturated heterocycles. The van der Waals surface area contributed by atoms with Crippen LogP contribution in [0.5, 0.6) is 0 Å². The molecule has 3 heteroatoms. The van der Waals surface area contributed by atoms with E-state index in [1.54, 1.807) is 0 Å². The van der Waals surface area contributed by atoms with Crippen LogP contribution in [0, 0.1) is 17.6 Å². The summed E-state index contributed by atoms with van der Waals surface area (Å²) in [6, 6.07) is 3.73. The lowest BCUT2D eigenvalue weighted by atomic mass is 9.98. The van der Waals surface area contributed by atoms with Crippen LogP contribution >= 0.6 is 0 Å². The average Bonchev–Trinajstić information content (AvgIpc) is 2.56. The highest BCUT2D eigenvalue weighted by Gasteiger charge is 2.20. The Balaban J connectivity index is 2.29. The summed E-state index contributed by atoms with van der Waals surface area (Å²) in [4.78, 5) is 0. The third kappa shape index (κ3) is 1.70. The molecule has 0 bridgehead atoms. The molecule has 0 unspecified atom stereocenters. The Morgan fingerprint density at radius 2 is 2.08 bits per heavy atom. The number of nitrogens with one attached hydrogen (secondary N) is 1. The van der Waals surface area contributed by atoms with E-state index in [1.165, 1.54) is 12.1 Å². The minimum absolute atomic E-state index is 0.460. The molecule has 0 aromatic heterocycles. The lowest BCUT2D eigenvalue weighted by Gasteiger charge is -2.08. The first-order chi connectivity index (χ1) is 6.27. The minimum Gasteiger partial charge on any atom is -0.316 e. The van der Waals surface area contributed by atoms with Gasteiger partial charge in [0.05, 0.1) is 0 Å². The predicted molar refractivity (Wildman–Crippen MR) is 46.2 cm³/mol. The molecule has 13 heavy (non-hydrogen) atoms. The summed E-state index contributed by atoms with van der Waals surface area (Å²) in [6.45, 7) is 1.59. The predicted octanol–water partition coefficient (Wildman–Crippen LogP) is 1.88. The number of benzene rings is 1. The molecule has 1 radical (unpaired) electrons. The van der Waals surface area contributed by atoms with E-state index in [0.717, 1.165) is 24.9 Å². The van der Waals surface area contributed by atoms with Crippen molar-refractivity contribution in [2.24, 2.45) is 0 Å². The fourth-order valence-corrected chi connectivity index (χ4v) is 1.57. The van der Waals surface area contributed by atoms with Gasteiger partial charge in [0, 0.05) is 18.5 Å². The molecule has 1 nitrogen and oxygen atoms in total. The van der Waals surface area contributed by atoms with Gasteiger partial charge in [0.2, 0.25) is 0 Å². The van der Waals surface area contributed by atoms with E-state index < -0.39 is 11.6 Å². The van der Waals surface area contributed by atoms with E-state index in [1.807, 2.05) is 0 Å². The zero-order valence-corrected chi connectivity index (χ0v) is 7.11. The number of halogens is 2. The van der Waals surface area contributed by atoms with Crippen molar-refractivity contribution in [1.29, 1.82) is 0 Å². The highest BCUT2D eigenvalue weighted by molar-refractivity contribution is 5.34. The molecule has 0 saturated carbocycles. The first kappa shape index (κ1) is 8.63. The first-order valence-corrected chi connectivity index (χ1v) is 4.28. The van der Waals surface area contributed by atoms with Crippen LogP contribution in [0.2, 0.25) is 0 Å². The van der Waals surface area contributed by atoms with Crippen LogP contribution < -0.4 is 5.32 Å². The molecule has 0 amide bonds. The van der Waals surface area contributed by atoms with E-state index in [4.69, 9.17) is 0 Å². The van der Waals surface area contributed by atoms with Crippen molar-refractivity contribution in [3.05, 3.63) is 41.3 Å². The van der Waals surface area contributed by atoms with Gasteiger partial charge >= 0.3 is 0 Å². The molecule has 0 spiro atoms. The van der Waals surface area contributed by atoms with Gasteiger partial charge in [0.15, 0.2) is 0 Å². The lowest BCUT2D eigenvalue weighted by Crippen LogP contribution is -2.09. The molecule has 0 aliphatic carbocycles. The van der Waals surface area contributed by atoms with E-state index in [9.17, 15) is 8.78 Å². The summed E-state index contributed by atoms with van der Waals surface area (Å²) < 4.78 is 25.8. The number of rotatable bonds is 1. The molecule has 1 aromatic rings. The second kappa shape index (κ2) is 3.42. The lowest BCUT2D eigenvalue weighted by molar-refractivity contribution is 0.574. The Kier molecular flexibility index (Phi) is 2.27. The summed E-state index contributed by atoms with van der Waals surface area (Å²) in [5, 5.41) is 3.12. The SMILES string of the molecule is Fc1ccc([C]2CCNC2)c(F)c1. The maximum Gasteiger partial charge on any atom is 0.129 e. The van der Waals surface area contributed by atoms with Crippen LogP contribution in [0.25, 0.3) is 0 Å². The van der Waals surface area contributed by atoms with E-state index in [-0.39, 0.29) is 0 Å². The fraction of sp³-hybridized carbons (Fsp3) is 0.300. The number of hydrogen-bond donors (Lipinski definition) is 1. The molecule has 1 aliphatic heterocycles. The van der Waals surface area contributed by atoms with Gasteiger partial charge in [-0.1, -0.05) is 6.07 Å². The summed E-state index contributed by atoms with van der Waals surface area (Å²) >= 11 is 0. The highest BCUT2D eigenvalue weighted by atomic mass is 19.1. The van der Waals surface area contributed by atoms with Crippen molar-refractivity contribution in [2.45, 2.75) is 6.42 Å². The summed E-state index contributed by atoms with van der Waals surface area (Å²) in [5.74, 6) is 0.0454. The van der Waals surface area contributed by atoms with Crippen molar-refractivity contribution >= 4 is 0 Å². The zero-order chi connectivity index (χ0) is 9.26. The fourth-order valence-electron chi connectivity index (χ4n) is 1.57. The van der Waals surface area contributed by atoms with Gasteiger partial charge in [-0.05, 0) is 24.6 Å². The highest BCUT2D eigenvalue weighted by Crippen LogP contribution is 2.24. The molecular formula is C10H10F2N. The van der Waals surface area contributed by atoms with Gasteiger partial charge in [-0.3, -0.25) is 0 Å².